The minimum absolute atomic E-state index is 0.0213. The predicted molar refractivity (Wildman–Crippen MR) is 184 cm³/mol. The number of halogens is 1. The van der Waals surface area contributed by atoms with E-state index in [9.17, 15) is 24.6 Å². The van der Waals surface area contributed by atoms with Gasteiger partial charge < -0.3 is 39.0 Å². The maximum Gasteiger partial charge on any atom is 0.414 e. The average molecular weight is 706 g/mol. The van der Waals surface area contributed by atoms with Crippen molar-refractivity contribution in [1.29, 1.82) is 0 Å². The molecule has 3 amide bonds. The van der Waals surface area contributed by atoms with Crippen LogP contribution in [-0.4, -0.2) is 89.7 Å². The Bertz CT molecular complexity index is 1750. The Morgan fingerprint density at radius 1 is 0.980 bits per heavy atom. The molecule has 12 nitrogen and oxygen atoms in total. The first-order chi connectivity index (χ1) is 24.1. The van der Waals surface area contributed by atoms with E-state index in [4.69, 9.17) is 30.5 Å². The maximum atomic E-state index is 14.8. The minimum atomic E-state index is -1.43. The quantitative estimate of drug-likeness (QED) is 0.353. The fourth-order valence-corrected chi connectivity index (χ4v) is 6.78. The molecule has 50 heavy (non-hydrogen) atoms. The molecule has 0 bridgehead atoms. The van der Waals surface area contributed by atoms with Crippen molar-refractivity contribution in [3.05, 3.63) is 94.5 Å². The first-order valence-electron chi connectivity index (χ1n) is 16.5. The van der Waals surface area contributed by atoms with E-state index >= 15 is 0 Å². The number of anilines is 1. The van der Waals surface area contributed by atoms with Crippen molar-refractivity contribution >= 4 is 35.2 Å². The summed E-state index contributed by atoms with van der Waals surface area (Å²) in [7, 11) is 1.57. The topological polar surface area (TPSA) is 138 Å². The lowest BCUT2D eigenvalue weighted by molar-refractivity contribution is -0.138. The summed E-state index contributed by atoms with van der Waals surface area (Å²) in [6.07, 6.45) is -0.205. The van der Waals surface area contributed by atoms with E-state index in [-0.39, 0.29) is 62.8 Å². The molecule has 0 spiro atoms. The van der Waals surface area contributed by atoms with Crippen LogP contribution < -0.4 is 19.1 Å². The zero-order chi connectivity index (χ0) is 35.5. The fourth-order valence-electron chi connectivity index (χ4n) is 6.65. The van der Waals surface area contributed by atoms with Gasteiger partial charge in [0.15, 0.2) is 11.5 Å². The molecule has 0 radical (unpaired) electrons. The Morgan fingerprint density at radius 3 is 2.36 bits per heavy atom. The van der Waals surface area contributed by atoms with E-state index < -0.39 is 30.4 Å². The predicted octanol–water partition coefficient (Wildman–Crippen LogP) is 4.95. The summed E-state index contributed by atoms with van der Waals surface area (Å²) in [4.78, 5) is 47.1. The molecule has 0 fully saturated rings. The lowest BCUT2D eigenvalue weighted by Crippen LogP contribution is -2.56. The van der Waals surface area contributed by atoms with Gasteiger partial charge in [-0.3, -0.25) is 14.5 Å². The van der Waals surface area contributed by atoms with Crippen LogP contribution in [0.4, 0.5) is 10.5 Å². The molecular formula is C37H40ClN3O9. The van der Waals surface area contributed by atoms with Gasteiger partial charge >= 0.3 is 6.09 Å². The molecule has 0 saturated carbocycles. The standard InChI is InChI=1S/C37H40ClN3O9/c1-22(2)32-36(45)39(20-23-6-12-26(47-3)13-7-23)16-14-28-34(43)33(42)27-18-30-31(50-21-49-30)19-29(27)41(28)37(46)48-17-5-4-15-40(32)35(44)24-8-10-25(38)11-9-24/h4-13,18-19,22,28,32-34,42-43H,14-17,20-21H2,1-3H3/b5-4+/t28-,32-,33-,34-/m0/s1. The third-order valence-corrected chi connectivity index (χ3v) is 9.48. The van der Waals surface area contributed by atoms with Crippen LogP contribution in [0.1, 0.15) is 47.9 Å². The monoisotopic (exact) mass is 705 g/mol. The van der Waals surface area contributed by atoms with Crippen molar-refractivity contribution in [3.8, 4) is 17.2 Å². The van der Waals surface area contributed by atoms with Gasteiger partial charge in [0.1, 0.15) is 30.6 Å². The molecule has 13 heteroatoms. The number of rotatable bonds is 5. The summed E-state index contributed by atoms with van der Waals surface area (Å²) in [5.41, 5.74) is 1.77. The van der Waals surface area contributed by atoms with Crippen molar-refractivity contribution in [2.24, 2.45) is 5.92 Å². The molecule has 3 aromatic rings. The molecule has 4 atom stereocenters. The van der Waals surface area contributed by atoms with Crippen molar-refractivity contribution in [2.75, 3.05) is 38.5 Å². The van der Waals surface area contributed by atoms with E-state index in [2.05, 4.69) is 0 Å². The third kappa shape index (κ3) is 7.09. The molecule has 6 rings (SSSR count). The van der Waals surface area contributed by atoms with E-state index in [1.165, 1.54) is 9.80 Å². The highest BCUT2D eigenvalue weighted by atomic mass is 35.5. The summed E-state index contributed by atoms with van der Waals surface area (Å²) in [6.45, 7) is 3.89. The minimum Gasteiger partial charge on any atom is -0.497 e. The number of cyclic esters (lactones) is 1. The van der Waals surface area contributed by atoms with Gasteiger partial charge in [0.25, 0.3) is 5.91 Å². The molecule has 3 aliphatic rings. The average Bonchev–Trinajstić information content (AvgIpc) is 3.57. The van der Waals surface area contributed by atoms with Gasteiger partial charge in [-0.15, -0.1) is 0 Å². The van der Waals surface area contributed by atoms with Crippen LogP contribution in [-0.2, 0) is 16.1 Å². The summed E-state index contributed by atoms with van der Waals surface area (Å²) in [6, 6.07) is 15.0. The SMILES string of the molecule is COc1ccc(CN2CC[C@H]3[C@H](O)[C@@H](O)c4cc5c(cc4N3C(=O)OC/C=C/CN(C(=O)c3ccc(Cl)cc3)[C@@H](C(C)C)C2=O)OCO5)cc1. The molecule has 2 N–H and O–H groups in total. The van der Waals surface area contributed by atoms with Crippen LogP contribution in [0.25, 0.3) is 0 Å². The van der Waals surface area contributed by atoms with Gasteiger partial charge in [0.05, 0.1) is 18.8 Å². The lowest BCUT2D eigenvalue weighted by Gasteiger charge is -2.43. The molecule has 3 heterocycles. The molecule has 0 unspecified atom stereocenters. The second-order valence-electron chi connectivity index (χ2n) is 12.7. The number of benzene rings is 3. The van der Waals surface area contributed by atoms with Crippen molar-refractivity contribution in [2.45, 2.75) is 51.1 Å². The van der Waals surface area contributed by atoms with Gasteiger partial charge in [-0.1, -0.05) is 43.7 Å². The van der Waals surface area contributed by atoms with E-state index in [0.717, 1.165) is 5.56 Å². The number of fused-ring (bicyclic) bond motifs is 4. The normalized spacial score (nSPS) is 23.1. The Labute approximate surface area is 295 Å². The molecule has 0 aliphatic carbocycles. The first kappa shape index (κ1) is 35.1. The number of hydrogen-bond acceptors (Lipinski definition) is 9. The number of nitrogens with zero attached hydrogens (tertiary/aromatic N) is 3. The van der Waals surface area contributed by atoms with Crippen LogP contribution in [0.2, 0.25) is 5.02 Å². The van der Waals surface area contributed by atoms with Crippen LogP contribution in [0.5, 0.6) is 17.2 Å². The Morgan fingerprint density at radius 2 is 1.68 bits per heavy atom. The van der Waals surface area contributed by atoms with Crippen LogP contribution in [0.15, 0.2) is 72.8 Å². The number of methoxy groups -OCH3 is 1. The van der Waals surface area contributed by atoms with Gasteiger partial charge in [0, 0.05) is 41.9 Å². The van der Waals surface area contributed by atoms with Gasteiger partial charge in [-0.05, 0) is 66.4 Å². The van der Waals surface area contributed by atoms with Gasteiger partial charge in [-0.25, -0.2) is 4.79 Å². The van der Waals surface area contributed by atoms with Gasteiger partial charge in [-0.2, -0.15) is 0 Å². The smallest absolute Gasteiger partial charge is 0.414 e. The number of aliphatic hydroxyl groups excluding tert-OH is 2. The fraction of sp³-hybridized carbons (Fsp3) is 0.378. The number of carbonyl (C=O) groups is 3. The Hall–Kier alpha value is -4.78. The van der Waals surface area contributed by atoms with Crippen molar-refractivity contribution < 1.29 is 43.5 Å². The molecule has 0 aromatic heterocycles. The van der Waals surface area contributed by atoms with Crippen LogP contribution in [0.3, 0.4) is 0 Å². The van der Waals surface area contributed by atoms with Gasteiger partial charge in [0.2, 0.25) is 12.7 Å². The van der Waals surface area contributed by atoms with E-state index in [0.29, 0.717) is 33.5 Å². The Balaban J connectivity index is 1.41. The molecule has 3 aromatic carbocycles. The highest BCUT2D eigenvalue weighted by Gasteiger charge is 2.45. The summed E-state index contributed by atoms with van der Waals surface area (Å²) in [5, 5.41) is 23.3. The zero-order valence-corrected chi connectivity index (χ0v) is 28.8. The number of aliphatic hydroxyl groups is 2. The second-order valence-corrected chi connectivity index (χ2v) is 13.2. The number of hydrogen-bond donors (Lipinski definition) is 2. The molecular weight excluding hydrogens is 666 g/mol. The molecule has 3 aliphatic heterocycles. The number of carbonyl (C=O) groups excluding carboxylic acids is 3. The second kappa shape index (κ2) is 15.0. The number of amides is 3. The molecule has 264 valence electrons. The summed E-state index contributed by atoms with van der Waals surface area (Å²) < 4.78 is 22.1. The van der Waals surface area contributed by atoms with E-state index in [1.54, 1.807) is 72.7 Å². The zero-order valence-electron chi connectivity index (χ0n) is 28.0. The first-order valence-corrected chi connectivity index (χ1v) is 16.8. The Kier molecular flexibility index (Phi) is 10.5. The van der Waals surface area contributed by atoms with Crippen LogP contribution in [0, 0.1) is 5.92 Å². The number of ether oxygens (including phenoxy) is 4. The lowest BCUT2D eigenvalue weighted by atomic mass is 9.88. The highest BCUT2D eigenvalue weighted by Crippen LogP contribution is 2.46. The third-order valence-electron chi connectivity index (χ3n) is 9.23. The molecule has 0 saturated heterocycles. The maximum absolute atomic E-state index is 14.8. The largest absolute Gasteiger partial charge is 0.497 e. The highest BCUT2D eigenvalue weighted by molar-refractivity contribution is 6.30. The van der Waals surface area contributed by atoms with Crippen molar-refractivity contribution in [1.82, 2.24) is 9.80 Å². The van der Waals surface area contributed by atoms with E-state index in [1.807, 2.05) is 26.0 Å². The van der Waals surface area contributed by atoms with Crippen molar-refractivity contribution in [3.63, 3.8) is 0 Å². The summed E-state index contributed by atoms with van der Waals surface area (Å²) in [5.74, 6) is 0.457. The summed E-state index contributed by atoms with van der Waals surface area (Å²) >= 11 is 6.11. The van der Waals surface area contributed by atoms with Crippen LogP contribution >= 0.6 is 11.6 Å².